The highest BCUT2D eigenvalue weighted by Gasteiger charge is 2.60. The fourth-order valence-electron chi connectivity index (χ4n) is 3.02. The lowest BCUT2D eigenvalue weighted by molar-refractivity contribution is -0.123. The van der Waals surface area contributed by atoms with Crippen LogP contribution in [0.2, 0.25) is 0 Å². The van der Waals surface area contributed by atoms with Gasteiger partial charge in [-0.3, -0.25) is 4.79 Å². The number of carbonyl (C=O) groups excluding carboxylic acids is 2. The molecule has 1 amide bonds. The van der Waals surface area contributed by atoms with E-state index in [4.69, 9.17) is 0 Å². The molecule has 0 spiro atoms. The van der Waals surface area contributed by atoms with Crippen molar-refractivity contribution in [2.75, 3.05) is 7.11 Å². The van der Waals surface area contributed by atoms with E-state index in [1.54, 1.807) is 12.1 Å². The largest absolute Gasteiger partial charge is 0.465 e. The summed E-state index contributed by atoms with van der Waals surface area (Å²) in [5.74, 6) is 0.0837. The van der Waals surface area contributed by atoms with Gasteiger partial charge in [-0.2, -0.15) is 0 Å². The Kier molecular flexibility index (Phi) is 4.93. The highest BCUT2D eigenvalue weighted by atomic mass is 16.5. The summed E-state index contributed by atoms with van der Waals surface area (Å²) in [4.78, 5) is 23.8. The van der Waals surface area contributed by atoms with E-state index in [1.165, 1.54) is 12.7 Å². The maximum atomic E-state index is 12.4. The molecule has 0 bridgehead atoms. The molecule has 23 heavy (non-hydrogen) atoms. The van der Waals surface area contributed by atoms with Gasteiger partial charge in [-0.15, -0.1) is 0 Å². The van der Waals surface area contributed by atoms with E-state index in [0.717, 1.165) is 5.56 Å². The van der Waals surface area contributed by atoms with Crippen molar-refractivity contribution in [2.24, 2.45) is 17.3 Å². The van der Waals surface area contributed by atoms with E-state index in [1.807, 2.05) is 12.1 Å². The Hall–Kier alpha value is -2.10. The van der Waals surface area contributed by atoms with E-state index in [0.29, 0.717) is 18.0 Å². The predicted octanol–water partition coefficient (Wildman–Crippen LogP) is 3.33. The number of rotatable bonds is 5. The van der Waals surface area contributed by atoms with Crippen LogP contribution in [0.1, 0.15) is 43.6 Å². The maximum absolute atomic E-state index is 12.4. The van der Waals surface area contributed by atoms with Crippen molar-refractivity contribution in [3.63, 3.8) is 0 Å². The summed E-state index contributed by atoms with van der Waals surface area (Å²) in [6, 6.07) is 7.08. The first-order valence-electron chi connectivity index (χ1n) is 7.87. The molecule has 0 aromatic heterocycles. The minimum atomic E-state index is -0.357. The van der Waals surface area contributed by atoms with Gasteiger partial charge in [0, 0.05) is 6.54 Å². The molecule has 1 aromatic carbocycles. The molecule has 1 aliphatic carbocycles. The zero-order valence-electron chi connectivity index (χ0n) is 14.5. The summed E-state index contributed by atoms with van der Waals surface area (Å²) in [5, 5.41) is 3.00. The van der Waals surface area contributed by atoms with E-state index in [9.17, 15) is 9.59 Å². The molecule has 1 N–H and O–H groups in total. The van der Waals surface area contributed by atoms with Crippen LogP contribution < -0.4 is 5.32 Å². The van der Waals surface area contributed by atoms with Crippen molar-refractivity contribution in [2.45, 2.75) is 34.2 Å². The summed E-state index contributed by atoms with van der Waals surface area (Å²) in [6.07, 6.45) is 2.19. The lowest BCUT2D eigenvalue weighted by Crippen LogP contribution is -2.26. The van der Waals surface area contributed by atoms with Gasteiger partial charge in [0.05, 0.1) is 18.6 Å². The number of ether oxygens (including phenoxy) is 1. The van der Waals surface area contributed by atoms with E-state index < -0.39 is 0 Å². The normalized spacial score (nSPS) is 21.3. The molecule has 1 saturated carbocycles. The van der Waals surface area contributed by atoms with Crippen LogP contribution in [0.5, 0.6) is 0 Å². The topological polar surface area (TPSA) is 55.4 Å². The van der Waals surface area contributed by atoms with E-state index >= 15 is 0 Å². The minimum Gasteiger partial charge on any atom is -0.465 e. The van der Waals surface area contributed by atoms with Crippen molar-refractivity contribution in [3.8, 4) is 0 Å². The lowest BCUT2D eigenvalue weighted by atomic mass is 10.1. The lowest BCUT2D eigenvalue weighted by Gasteiger charge is -2.07. The quantitative estimate of drug-likeness (QED) is 0.670. The first kappa shape index (κ1) is 17.3. The molecule has 4 nitrogen and oxygen atoms in total. The summed E-state index contributed by atoms with van der Waals surface area (Å²) in [6.45, 7) is 8.85. The second kappa shape index (κ2) is 6.57. The first-order valence-corrected chi connectivity index (χ1v) is 7.87. The minimum absolute atomic E-state index is 0.0239. The average Bonchev–Trinajstić information content (AvgIpc) is 3.04. The zero-order chi connectivity index (χ0) is 17.2. The molecule has 0 saturated heterocycles. The molecule has 0 radical (unpaired) electrons. The second-order valence-corrected chi connectivity index (χ2v) is 6.98. The van der Waals surface area contributed by atoms with Crippen LogP contribution in [0, 0.1) is 17.3 Å². The van der Waals surface area contributed by atoms with Crippen LogP contribution in [0.15, 0.2) is 35.9 Å². The molecular weight excluding hydrogens is 290 g/mol. The number of esters is 1. The smallest absolute Gasteiger partial charge is 0.337 e. The van der Waals surface area contributed by atoms with Gasteiger partial charge in [-0.25, -0.2) is 4.79 Å². The standard InChI is InChI=1S/C19H25NO3/c1-12(2)10-15-16(19(15,3)4)17(21)20-11-13-6-8-14(9-7-13)18(22)23-5/h6-10,15-16H,11H2,1-5H3,(H,20,21). The molecule has 2 rings (SSSR count). The monoisotopic (exact) mass is 315 g/mol. The molecule has 124 valence electrons. The second-order valence-electron chi connectivity index (χ2n) is 6.98. The molecule has 1 fully saturated rings. The van der Waals surface area contributed by atoms with Crippen molar-refractivity contribution in [1.29, 1.82) is 0 Å². The number of methoxy groups -OCH3 is 1. The number of benzene rings is 1. The fourth-order valence-corrected chi connectivity index (χ4v) is 3.02. The molecule has 2 unspecified atom stereocenters. The third-order valence-corrected chi connectivity index (χ3v) is 4.55. The Bertz CT molecular complexity index is 625. The van der Waals surface area contributed by atoms with Crippen molar-refractivity contribution >= 4 is 11.9 Å². The molecular formula is C19H25NO3. The van der Waals surface area contributed by atoms with Crippen LogP contribution >= 0.6 is 0 Å². The summed E-state index contributed by atoms with van der Waals surface area (Å²) < 4.78 is 4.67. The van der Waals surface area contributed by atoms with Crippen molar-refractivity contribution in [3.05, 3.63) is 47.0 Å². The number of hydrogen-bond acceptors (Lipinski definition) is 3. The van der Waals surface area contributed by atoms with Gasteiger partial charge in [0.25, 0.3) is 0 Å². The Morgan fingerprint density at radius 2 is 1.83 bits per heavy atom. The van der Waals surface area contributed by atoms with Gasteiger partial charge in [0.15, 0.2) is 0 Å². The third kappa shape index (κ3) is 3.81. The maximum Gasteiger partial charge on any atom is 0.337 e. The van der Waals surface area contributed by atoms with Gasteiger partial charge in [0.2, 0.25) is 5.91 Å². The van der Waals surface area contributed by atoms with Crippen LogP contribution in [0.4, 0.5) is 0 Å². The van der Waals surface area contributed by atoms with Crippen LogP contribution in [0.3, 0.4) is 0 Å². The van der Waals surface area contributed by atoms with Crippen LogP contribution in [-0.2, 0) is 16.1 Å². The highest BCUT2D eigenvalue weighted by Crippen LogP contribution is 2.59. The first-order chi connectivity index (χ1) is 10.8. The van der Waals surface area contributed by atoms with Gasteiger partial charge < -0.3 is 10.1 Å². The number of amides is 1. The third-order valence-electron chi connectivity index (χ3n) is 4.55. The number of nitrogens with one attached hydrogen (secondary N) is 1. The Labute approximate surface area is 137 Å². The molecule has 0 aliphatic heterocycles. The van der Waals surface area contributed by atoms with E-state index in [-0.39, 0.29) is 23.2 Å². The zero-order valence-corrected chi connectivity index (χ0v) is 14.5. The molecule has 1 aromatic rings. The highest BCUT2D eigenvalue weighted by molar-refractivity contribution is 5.89. The SMILES string of the molecule is COC(=O)c1ccc(CNC(=O)C2C(C=C(C)C)C2(C)C)cc1. The van der Waals surface area contributed by atoms with Crippen molar-refractivity contribution < 1.29 is 14.3 Å². The number of hydrogen-bond donors (Lipinski definition) is 1. The molecule has 1 aliphatic rings. The van der Waals surface area contributed by atoms with Gasteiger partial charge in [-0.1, -0.05) is 37.6 Å². The Balaban J connectivity index is 1.93. The number of carbonyl (C=O) groups is 2. The average molecular weight is 315 g/mol. The summed E-state index contributed by atoms with van der Waals surface area (Å²) in [7, 11) is 1.36. The molecule has 2 atom stereocenters. The number of allylic oxidation sites excluding steroid dienone is 2. The summed E-state index contributed by atoms with van der Waals surface area (Å²) in [5.41, 5.74) is 2.74. The molecule has 0 heterocycles. The summed E-state index contributed by atoms with van der Waals surface area (Å²) >= 11 is 0. The van der Waals surface area contributed by atoms with Crippen LogP contribution in [-0.4, -0.2) is 19.0 Å². The van der Waals surface area contributed by atoms with Gasteiger partial charge in [-0.05, 0) is 42.9 Å². The van der Waals surface area contributed by atoms with Gasteiger partial charge in [0.1, 0.15) is 0 Å². The van der Waals surface area contributed by atoms with Gasteiger partial charge >= 0.3 is 5.97 Å². The molecule has 4 heteroatoms. The van der Waals surface area contributed by atoms with Crippen molar-refractivity contribution in [1.82, 2.24) is 5.32 Å². The van der Waals surface area contributed by atoms with Crippen LogP contribution in [0.25, 0.3) is 0 Å². The Morgan fingerprint density at radius 1 is 1.22 bits per heavy atom. The Morgan fingerprint density at radius 3 is 2.35 bits per heavy atom. The predicted molar refractivity (Wildman–Crippen MR) is 89.8 cm³/mol. The van der Waals surface area contributed by atoms with E-state index in [2.05, 4.69) is 43.8 Å². The fraction of sp³-hybridized carbons (Fsp3) is 0.474.